The second kappa shape index (κ2) is 9.53. The summed E-state index contributed by atoms with van der Waals surface area (Å²) in [5.41, 5.74) is 3.73. The van der Waals surface area contributed by atoms with Crippen molar-refractivity contribution in [3.8, 4) is 5.75 Å². The number of anilines is 1. The quantitative estimate of drug-likeness (QED) is 0.213. The van der Waals surface area contributed by atoms with Gasteiger partial charge in [0.2, 0.25) is 5.76 Å². The number of carbonyl (C=O) groups is 3. The summed E-state index contributed by atoms with van der Waals surface area (Å²) in [5, 5.41) is 6.86. The van der Waals surface area contributed by atoms with Crippen LogP contribution >= 0.6 is 11.6 Å². The molecule has 0 unspecified atom stereocenters. The molecule has 152 valence electrons. The molecular formula is C21H16ClN3O5. The molecule has 9 heteroatoms. The Kier molecular flexibility index (Phi) is 6.61. The molecule has 2 amide bonds. The van der Waals surface area contributed by atoms with Crippen LogP contribution in [0.3, 0.4) is 0 Å². The van der Waals surface area contributed by atoms with Gasteiger partial charge in [0.1, 0.15) is 5.75 Å². The second-order valence-electron chi connectivity index (χ2n) is 5.99. The summed E-state index contributed by atoms with van der Waals surface area (Å²) in [6, 6.07) is 15.9. The van der Waals surface area contributed by atoms with Gasteiger partial charge in [-0.05, 0) is 73.2 Å². The summed E-state index contributed by atoms with van der Waals surface area (Å²) in [7, 11) is 0. The van der Waals surface area contributed by atoms with E-state index in [1.807, 2.05) is 0 Å². The molecule has 0 aliphatic carbocycles. The van der Waals surface area contributed by atoms with E-state index in [1.165, 1.54) is 12.3 Å². The molecule has 0 aliphatic heterocycles. The lowest BCUT2D eigenvalue weighted by atomic mass is 10.1. The van der Waals surface area contributed by atoms with Gasteiger partial charge in [-0.3, -0.25) is 9.59 Å². The number of esters is 1. The first kappa shape index (κ1) is 20.8. The molecule has 30 heavy (non-hydrogen) atoms. The highest BCUT2D eigenvalue weighted by atomic mass is 35.5. The molecule has 3 aromatic rings. The lowest BCUT2D eigenvalue weighted by Crippen LogP contribution is -2.32. The van der Waals surface area contributed by atoms with E-state index in [0.717, 1.165) is 0 Å². The number of furan rings is 1. The van der Waals surface area contributed by atoms with Gasteiger partial charge in [0.05, 0.1) is 12.0 Å². The molecule has 1 aromatic heterocycles. The molecule has 0 radical (unpaired) electrons. The Labute approximate surface area is 176 Å². The Morgan fingerprint density at radius 3 is 2.30 bits per heavy atom. The molecule has 2 N–H and O–H groups in total. The first-order valence-electron chi connectivity index (χ1n) is 8.69. The zero-order chi connectivity index (χ0) is 21.5. The monoisotopic (exact) mass is 425 g/mol. The van der Waals surface area contributed by atoms with Gasteiger partial charge in [-0.25, -0.2) is 10.2 Å². The average Bonchev–Trinajstić information content (AvgIpc) is 3.29. The zero-order valence-electron chi connectivity index (χ0n) is 15.7. The standard InChI is InChI=1S/C21H16ClN3O5/c1-13(24-25-20(27)19(26)23-16-8-6-15(22)7-9-16)14-4-10-17(11-5-14)30-21(28)18-3-2-12-29-18/h2-12H,1H3,(H,23,26)(H,25,27). The second-order valence-corrected chi connectivity index (χ2v) is 6.43. The smallest absolute Gasteiger partial charge is 0.379 e. The largest absolute Gasteiger partial charge is 0.457 e. The van der Waals surface area contributed by atoms with E-state index in [-0.39, 0.29) is 5.76 Å². The van der Waals surface area contributed by atoms with Crippen LogP contribution in [-0.4, -0.2) is 23.5 Å². The zero-order valence-corrected chi connectivity index (χ0v) is 16.5. The van der Waals surface area contributed by atoms with Crippen molar-refractivity contribution in [2.24, 2.45) is 5.10 Å². The first-order chi connectivity index (χ1) is 14.4. The minimum atomic E-state index is -0.923. The summed E-state index contributed by atoms with van der Waals surface area (Å²) in [6.07, 6.45) is 1.38. The fraction of sp³-hybridized carbons (Fsp3) is 0.0476. The Bertz CT molecular complexity index is 1070. The molecule has 0 atom stereocenters. The lowest BCUT2D eigenvalue weighted by Gasteiger charge is -2.06. The van der Waals surface area contributed by atoms with Crippen LogP contribution in [0.2, 0.25) is 5.02 Å². The number of ether oxygens (including phenoxy) is 1. The Morgan fingerprint density at radius 1 is 0.967 bits per heavy atom. The van der Waals surface area contributed by atoms with Crippen LogP contribution in [0, 0.1) is 0 Å². The molecule has 2 aromatic carbocycles. The van der Waals surface area contributed by atoms with Gasteiger partial charge < -0.3 is 14.5 Å². The summed E-state index contributed by atoms with van der Waals surface area (Å²) >= 11 is 5.77. The van der Waals surface area contributed by atoms with E-state index >= 15 is 0 Å². The maximum absolute atomic E-state index is 11.9. The van der Waals surface area contributed by atoms with Gasteiger partial charge in [-0.1, -0.05) is 11.6 Å². The normalized spacial score (nSPS) is 10.9. The van der Waals surface area contributed by atoms with Crippen LogP contribution in [0.25, 0.3) is 0 Å². The number of carbonyl (C=O) groups excluding carboxylic acids is 3. The van der Waals surface area contributed by atoms with Gasteiger partial charge >= 0.3 is 17.8 Å². The summed E-state index contributed by atoms with van der Waals surface area (Å²) < 4.78 is 10.2. The highest BCUT2D eigenvalue weighted by Gasteiger charge is 2.14. The minimum Gasteiger partial charge on any atom is -0.457 e. The van der Waals surface area contributed by atoms with Crippen molar-refractivity contribution in [3.63, 3.8) is 0 Å². The van der Waals surface area contributed by atoms with Crippen molar-refractivity contribution in [1.29, 1.82) is 0 Å². The molecule has 0 aliphatic rings. The minimum absolute atomic E-state index is 0.0939. The number of rotatable bonds is 5. The van der Waals surface area contributed by atoms with E-state index < -0.39 is 17.8 Å². The van der Waals surface area contributed by atoms with Crippen molar-refractivity contribution in [1.82, 2.24) is 5.43 Å². The van der Waals surface area contributed by atoms with E-state index in [9.17, 15) is 14.4 Å². The topological polar surface area (TPSA) is 110 Å². The van der Waals surface area contributed by atoms with E-state index in [1.54, 1.807) is 61.5 Å². The molecule has 8 nitrogen and oxygen atoms in total. The van der Waals surface area contributed by atoms with Crippen LogP contribution < -0.4 is 15.5 Å². The van der Waals surface area contributed by atoms with Crippen LogP contribution in [0.1, 0.15) is 23.0 Å². The van der Waals surface area contributed by atoms with Crippen LogP contribution in [0.5, 0.6) is 5.75 Å². The van der Waals surface area contributed by atoms with Crippen molar-refractivity contribution in [2.45, 2.75) is 6.92 Å². The van der Waals surface area contributed by atoms with Gasteiger partial charge in [-0.15, -0.1) is 0 Å². The fourth-order valence-electron chi connectivity index (χ4n) is 2.29. The predicted octanol–water partition coefficient (Wildman–Crippen LogP) is 3.63. The molecule has 1 heterocycles. The molecular weight excluding hydrogens is 410 g/mol. The van der Waals surface area contributed by atoms with Gasteiger partial charge in [0.25, 0.3) is 0 Å². The Balaban J connectivity index is 1.55. The van der Waals surface area contributed by atoms with E-state index in [2.05, 4.69) is 15.8 Å². The number of amides is 2. The van der Waals surface area contributed by atoms with E-state index in [4.69, 9.17) is 20.8 Å². The molecule has 0 saturated heterocycles. The maximum Gasteiger partial charge on any atom is 0.379 e. The summed E-state index contributed by atoms with van der Waals surface area (Å²) in [6.45, 7) is 1.65. The molecule has 0 fully saturated rings. The third-order valence-electron chi connectivity index (χ3n) is 3.84. The van der Waals surface area contributed by atoms with Gasteiger partial charge in [0, 0.05) is 10.7 Å². The molecule has 3 rings (SSSR count). The highest BCUT2D eigenvalue weighted by Crippen LogP contribution is 2.15. The Morgan fingerprint density at radius 2 is 1.67 bits per heavy atom. The number of hydrazone groups is 1. The Hall–Kier alpha value is -3.91. The summed E-state index contributed by atoms with van der Waals surface area (Å²) in [4.78, 5) is 35.7. The molecule has 0 bridgehead atoms. The predicted molar refractivity (Wildman–Crippen MR) is 111 cm³/mol. The number of hydrogen-bond acceptors (Lipinski definition) is 6. The van der Waals surface area contributed by atoms with Crippen molar-refractivity contribution in [2.75, 3.05) is 5.32 Å². The summed E-state index contributed by atoms with van der Waals surface area (Å²) in [5.74, 6) is -1.99. The van der Waals surface area contributed by atoms with Crippen molar-refractivity contribution in [3.05, 3.63) is 83.3 Å². The molecule has 0 spiro atoms. The first-order valence-corrected chi connectivity index (χ1v) is 9.07. The van der Waals surface area contributed by atoms with Crippen LogP contribution in [0.15, 0.2) is 76.4 Å². The van der Waals surface area contributed by atoms with Crippen molar-refractivity contribution < 1.29 is 23.5 Å². The fourth-order valence-corrected chi connectivity index (χ4v) is 2.41. The SMILES string of the molecule is CC(=NNC(=O)C(=O)Nc1ccc(Cl)cc1)c1ccc(OC(=O)c2ccco2)cc1. The lowest BCUT2D eigenvalue weighted by molar-refractivity contribution is -0.136. The number of hydrogen-bond donors (Lipinski definition) is 2. The number of benzene rings is 2. The van der Waals surface area contributed by atoms with Crippen LogP contribution in [0.4, 0.5) is 5.69 Å². The maximum atomic E-state index is 11.9. The average molecular weight is 426 g/mol. The van der Waals surface area contributed by atoms with Gasteiger partial charge in [0.15, 0.2) is 0 Å². The van der Waals surface area contributed by atoms with E-state index in [0.29, 0.717) is 27.7 Å². The molecule has 0 saturated carbocycles. The van der Waals surface area contributed by atoms with Crippen molar-refractivity contribution >= 4 is 40.8 Å². The number of nitrogens with one attached hydrogen (secondary N) is 2. The van der Waals surface area contributed by atoms with Crippen LogP contribution in [-0.2, 0) is 9.59 Å². The number of nitrogens with zero attached hydrogens (tertiary/aromatic N) is 1. The third-order valence-corrected chi connectivity index (χ3v) is 4.09. The third kappa shape index (κ3) is 5.55. The highest BCUT2D eigenvalue weighted by molar-refractivity contribution is 6.39. The van der Waals surface area contributed by atoms with Gasteiger partial charge in [-0.2, -0.15) is 5.10 Å². The number of halogens is 1.